The lowest BCUT2D eigenvalue weighted by atomic mass is 10.3. The Morgan fingerprint density at radius 3 is 0.708 bits per heavy atom. The first-order valence-electron chi connectivity index (χ1n) is 21.5. The molecule has 0 aliphatic heterocycles. The van der Waals surface area contributed by atoms with Crippen molar-refractivity contribution < 1.29 is 73.4 Å². The maximum Gasteiger partial charge on any atom is 0.304 e. The van der Waals surface area contributed by atoms with Crippen molar-refractivity contribution in [1.29, 1.82) is 0 Å². The molecule has 0 bridgehead atoms. The number of methoxy groups -OCH3 is 2. The van der Waals surface area contributed by atoms with E-state index >= 15 is 0 Å². The number of nitrogen functional groups attached to an aromatic ring is 6. The maximum atomic E-state index is 10.1. The van der Waals surface area contributed by atoms with Crippen molar-refractivity contribution in [2.45, 2.75) is 34.1 Å². The van der Waals surface area contributed by atoms with Gasteiger partial charge in [-0.25, -0.2) is 0 Å². The molecule has 0 atom stereocenters. The number of phenols is 6. The number of para-hydroxylation sites is 12. The summed E-state index contributed by atoms with van der Waals surface area (Å²) in [6.45, 7) is 8.62. The van der Waals surface area contributed by atoms with Crippen LogP contribution in [-0.4, -0.2) is 97.2 Å². The first-order chi connectivity index (χ1) is 34.3. The van der Waals surface area contributed by atoms with Crippen molar-refractivity contribution in [3.8, 4) is 34.5 Å². The molecule has 21 nitrogen and oxygen atoms in total. The highest BCUT2D eigenvalue weighted by Gasteiger charge is 1.95. The maximum absolute atomic E-state index is 10.1. The lowest BCUT2D eigenvalue weighted by molar-refractivity contribution is -0.173. The van der Waals surface area contributed by atoms with Crippen molar-refractivity contribution in [2.75, 3.05) is 89.0 Å². The van der Waals surface area contributed by atoms with E-state index < -0.39 is 11.9 Å². The van der Waals surface area contributed by atoms with Crippen LogP contribution >= 0.6 is 0 Å². The highest BCUT2D eigenvalue weighted by Crippen LogP contribution is 2.19. The molecule has 0 aliphatic rings. The Bertz CT molecular complexity index is 1770. The summed E-state index contributed by atoms with van der Waals surface area (Å²) in [5.74, 6) is 0.000602. The summed E-state index contributed by atoms with van der Waals surface area (Å²) in [6.07, 6.45) is 1.13. The van der Waals surface area contributed by atoms with Gasteiger partial charge in [-0.05, 0) is 86.1 Å². The lowest BCUT2D eigenvalue weighted by Crippen LogP contribution is -2.09. The zero-order valence-electron chi connectivity index (χ0n) is 41.6. The van der Waals surface area contributed by atoms with Gasteiger partial charge in [0.1, 0.15) is 48.1 Å². The molecule has 0 saturated carbocycles. The predicted octanol–water partition coefficient (Wildman–Crippen LogP) is 7.53. The number of anilines is 6. The standard InChI is InChI=1S/6C6H7NO.C6H10O5.C5H12O.C4H10O3/c6*7-5-3-1-2-4-6(5)8;1-5(7)10-3-9-4-11-6(2)8;1-3-5-6-4-2;1-5-3-7-4-6-2/h6*1-4,8H,7H2;3-4H2,1-2H3;3-5H2,1-2H3;3-4H2,1-2H3. The second kappa shape index (κ2) is 46.4. The third-order valence-electron chi connectivity index (χ3n) is 7.27. The molecule has 21 heteroatoms. The largest absolute Gasteiger partial charge is 0.506 e. The van der Waals surface area contributed by atoms with E-state index in [2.05, 4.69) is 35.3 Å². The number of nitrogens with two attached hydrogens (primary N) is 6. The van der Waals surface area contributed by atoms with Gasteiger partial charge < -0.3 is 98.2 Å². The summed E-state index contributed by atoms with van der Waals surface area (Å²) in [5.41, 5.74) is 34.2. The monoisotopic (exact) mass is 1010 g/mol. The number of esters is 2. The molecule has 6 aromatic carbocycles. The molecule has 0 unspecified atom stereocenters. The molecule has 0 amide bonds. The number of ether oxygens (including phenoxy) is 7. The summed E-state index contributed by atoms with van der Waals surface area (Å²) in [5, 5.41) is 52.8. The Labute approximate surface area is 421 Å². The number of rotatable bonds is 11. The minimum Gasteiger partial charge on any atom is -0.506 e. The molecular weight excluding hydrogens is 937 g/mol. The molecule has 0 fully saturated rings. The van der Waals surface area contributed by atoms with Gasteiger partial charge in [-0.3, -0.25) is 9.59 Å². The van der Waals surface area contributed by atoms with Crippen LogP contribution in [0, 0.1) is 0 Å². The molecule has 0 aliphatic carbocycles. The Kier molecular flexibility index (Phi) is 43.8. The van der Waals surface area contributed by atoms with Crippen molar-refractivity contribution in [3.63, 3.8) is 0 Å². The van der Waals surface area contributed by atoms with E-state index in [0.29, 0.717) is 47.7 Å². The Hall–Kier alpha value is -8.34. The summed E-state index contributed by atoms with van der Waals surface area (Å²) in [6, 6.07) is 40.2. The number of carbonyl (C=O) groups is 2. The van der Waals surface area contributed by atoms with Crippen LogP contribution in [0.4, 0.5) is 34.1 Å². The van der Waals surface area contributed by atoms with Gasteiger partial charge in [-0.2, -0.15) is 0 Å². The SMILES string of the molecule is CC(=O)OCOCOC(C)=O.CCCOCC.COCOCOC.Nc1ccccc1O.Nc1ccccc1O.Nc1ccccc1O.Nc1ccccc1O.Nc1ccccc1O.Nc1ccccc1O. The summed E-state index contributed by atoms with van der Waals surface area (Å²) >= 11 is 0. The van der Waals surface area contributed by atoms with Crippen molar-refractivity contribution in [1.82, 2.24) is 0 Å². The minimum absolute atomic E-state index is 0.146. The summed E-state index contributed by atoms with van der Waals surface area (Å²) < 4.78 is 32.1. The fraction of sp³-hybridized carbons (Fsp3) is 0.255. The van der Waals surface area contributed by atoms with Crippen molar-refractivity contribution in [3.05, 3.63) is 146 Å². The number of hydrogen-bond acceptors (Lipinski definition) is 21. The van der Waals surface area contributed by atoms with Crippen LogP contribution in [0.25, 0.3) is 0 Å². The van der Waals surface area contributed by atoms with Crippen molar-refractivity contribution >= 4 is 46.1 Å². The van der Waals surface area contributed by atoms with E-state index in [1.54, 1.807) is 160 Å². The average molecular weight is 1010 g/mol. The number of hydrogen-bond donors (Lipinski definition) is 12. The molecule has 0 saturated heterocycles. The van der Waals surface area contributed by atoms with Gasteiger partial charge in [0.05, 0.1) is 34.1 Å². The summed E-state index contributed by atoms with van der Waals surface area (Å²) in [7, 11) is 3.13. The van der Waals surface area contributed by atoms with Gasteiger partial charge in [-0.15, -0.1) is 0 Å². The molecule has 72 heavy (non-hydrogen) atoms. The zero-order chi connectivity index (χ0) is 55.0. The van der Waals surface area contributed by atoms with Gasteiger partial charge in [0.15, 0.2) is 13.6 Å². The van der Waals surface area contributed by atoms with E-state index in [9.17, 15) is 9.59 Å². The van der Waals surface area contributed by atoms with E-state index in [1.165, 1.54) is 13.8 Å². The Balaban J connectivity index is -0.000000747. The van der Waals surface area contributed by atoms with E-state index in [0.717, 1.165) is 19.6 Å². The Morgan fingerprint density at radius 1 is 0.375 bits per heavy atom. The first kappa shape index (κ1) is 67.9. The Morgan fingerprint density at radius 2 is 0.583 bits per heavy atom. The van der Waals surface area contributed by atoms with Crippen LogP contribution in [0.1, 0.15) is 34.1 Å². The fourth-order valence-electron chi connectivity index (χ4n) is 3.70. The second-order valence-corrected chi connectivity index (χ2v) is 13.3. The normalized spacial score (nSPS) is 9.03. The number of aromatic hydroxyl groups is 6. The highest BCUT2D eigenvalue weighted by atomic mass is 16.8. The topological polar surface area (TPSA) is 376 Å². The fourth-order valence-corrected chi connectivity index (χ4v) is 3.70. The molecular formula is C51H74N6O15. The molecule has 398 valence electrons. The number of benzene rings is 6. The van der Waals surface area contributed by atoms with E-state index in [1.807, 2.05) is 6.92 Å². The van der Waals surface area contributed by atoms with Crippen LogP contribution in [0.5, 0.6) is 34.5 Å². The van der Waals surface area contributed by atoms with Crippen LogP contribution in [0.2, 0.25) is 0 Å². The third-order valence-corrected chi connectivity index (χ3v) is 7.27. The van der Waals surface area contributed by atoms with Crippen molar-refractivity contribution in [2.24, 2.45) is 0 Å². The van der Waals surface area contributed by atoms with Gasteiger partial charge in [0.25, 0.3) is 0 Å². The van der Waals surface area contributed by atoms with E-state index in [-0.39, 0.29) is 48.1 Å². The molecule has 6 rings (SSSR count). The average Bonchev–Trinajstić information content (AvgIpc) is 3.35. The van der Waals surface area contributed by atoms with Gasteiger partial charge >= 0.3 is 11.9 Å². The van der Waals surface area contributed by atoms with Crippen LogP contribution in [0.15, 0.2) is 146 Å². The van der Waals surface area contributed by atoms with Gasteiger partial charge in [0.2, 0.25) is 0 Å². The number of carbonyl (C=O) groups excluding carboxylic acids is 2. The molecule has 0 radical (unpaired) electrons. The lowest BCUT2D eigenvalue weighted by Gasteiger charge is -2.02. The zero-order valence-corrected chi connectivity index (χ0v) is 41.6. The molecule has 18 N–H and O–H groups in total. The predicted molar refractivity (Wildman–Crippen MR) is 281 cm³/mol. The molecule has 0 spiro atoms. The van der Waals surface area contributed by atoms with Gasteiger partial charge in [0, 0.05) is 41.3 Å². The van der Waals surface area contributed by atoms with Crippen LogP contribution < -0.4 is 34.4 Å². The minimum atomic E-state index is -0.437. The summed E-state index contributed by atoms with van der Waals surface area (Å²) in [4.78, 5) is 20.3. The highest BCUT2D eigenvalue weighted by molar-refractivity contribution is 5.66. The third kappa shape index (κ3) is 43.0. The molecule has 0 heterocycles. The van der Waals surface area contributed by atoms with E-state index in [4.69, 9.17) is 69.8 Å². The van der Waals surface area contributed by atoms with Crippen LogP contribution in [0.3, 0.4) is 0 Å². The number of phenolic OH excluding ortho intramolecular Hbond substituents is 6. The smallest absolute Gasteiger partial charge is 0.304 e. The molecule has 0 aromatic heterocycles. The van der Waals surface area contributed by atoms with Crippen LogP contribution in [-0.2, 0) is 42.7 Å². The quantitative estimate of drug-likeness (QED) is 0.0196. The molecule has 6 aromatic rings. The van der Waals surface area contributed by atoms with Gasteiger partial charge in [-0.1, -0.05) is 79.7 Å². The second-order valence-electron chi connectivity index (χ2n) is 13.3. The first-order valence-corrected chi connectivity index (χ1v) is 21.5.